The molecule has 0 fully saturated rings. The van der Waals surface area contributed by atoms with Gasteiger partial charge in [-0.25, -0.2) is 15.0 Å². The van der Waals surface area contributed by atoms with Crippen LogP contribution in [0.15, 0.2) is 213 Å². The summed E-state index contributed by atoms with van der Waals surface area (Å²) in [6, 6.07) is 63.6. The summed E-state index contributed by atoms with van der Waals surface area (Å²) in [5.41, 5.74) is 13.8. The van der Waals surface area contributed by atoms with E-state index in [1.807, 2.05) is 42.5 Å². The lowest BCUT2D eigenvalue weighted by atomic mass is 9.80. The fraction of sp³-hybridized carbons (Fsp3) is 0.0984. The molecule has 66 heavy (non-hydrogen) atoms. The van der Waals surface area contributed by atoms with Crippen molar-refractivity contribution in [2.45, 2.75) is 38.5 Å². The third-order valence-corrected chi connectivity index (χ3v) is 12.9. The van der Waals surface area contributed by atoms with Gasteiger partial charge >= 0.3 is 0 Å². The van der Waals surface area contributed by atoms with Crippen LogP contribution in [0.3, 0.4) is 0 Å². The zero-order chi connectivity index (χ0) is 44.8. The molecule has 1 aliphatic carbocycles. The van der Waals surface area contributed by atoms with Crippen LogP contribution in [0, 0.1) is 0 Å². The van der Waals surface area contributed by atoms with Gasteiger partial charge in [-0.15, -0.1) is 0 Å². The first-order chi connectivity index (χ1) is 32.3. The SMILES string of the molecule is C=C/C=C\C=C\c1nc(C2=CC(c3ccccc3)=C(n3c4ccc(-n5c6ccccc6c6ccccc65)cc4c4cc(C(C)(C)C)ccc43)C(c3ccccc3)C2)nc(-c2ccccc2)n1. The number of benzene rings is 7. The minimum atomic E-state index is -0.0639. The van der Waals surface area contributed by atoms with Crippen LogP contribution in [0.1, 0.15) is 61.4 Å². The van der Waals surface area contributed by atoms with Gasteiger partial charge in [0.25, 0.3) is 0 Å². The number of allylic oxidation sites excluding steroid dienone is 8. The maximum atomic E-state index is 5.24. The van der Waals surface area contributed by atoms with Gasteiger partial charge in [0.05, 0.1) is 22.1 Å². The molecule has 0 spiro atoms. The zero-order valence-corrected chi connectivity index (χ0v) is 37.4. The van der Waals surface area contributed by atoms with Gasteiger partial charge in [0.1, 0.15) is 0 Å². The van der Waals surface area contributed by atoms with Gasteiger partial charge < -0.3 is 9.13 Å². The molecule has 3 heterocycles. The molecule has 0 saturated carbocycles. The Kier molecular flexibility index (Phi) is 10.3. The number of aromatic nitrogens is 5. The Bertz CT molecular complexity index is 3540. The van der Waals surface area contributed by atoms with Crippen molar-refractivity contribution < 1.29 is 0 Å². The molecule has 0 saturated heterocycles. The second kappa shape index (κ2) is 16.8. The monoisotopic (exact) mass is 851 g/mol. The topological polar surface area (TPSA) is 48.5 Å². The summed E-state index contributed by atoms with van der Waals surface area (Å²) in [5, 5.41) is 4.94. The quantitative estimate of drug-likeness (QED) is 0.136. The summed E-state index contributed by atoms with van der Waals surface area (Å²) in [4.78, 5) is 15.3. The van der Waals surface area contributed by atoms with Gasteiger partial charge in [-0.2, -0.15) is 0 Å². The number of hydrogen-bond donors (Lipinski definition) is 0. The first-order valence-corrected chi connectivity index (χ1v) is 22.7. The molecule has 0 N–H and O–H groups in total. The normalized spacial score (nSPS) is 14.7. The van der Waals surface area contributed by atoms with Gasteiger partial charge in [0.2, 0.25) is 0 Å². The molecule has 0 amide bonds. The predicted octanol–water partition coefficient (Wildman–Crippen LogP) is 15.4. The average Bonchev–Trinajstić information content (AvgIpc) is 3.87. The van der Waals surface area contributed by atoms with Crippen molar-refractivity contribution in [3.8, 4) is 17.1 Å². The van der Waals surface area contributed by atoms with Crippen molar-refractivity contribution >= 4 is 66.5 Å². The molecule has 3 aromatic heterocycles. The molecule has 1 aliphatic rings. The van der Waals surface area contributed by atoms with E-state index >= 15 is 0 Å². The molecule has 5 nitrogen and oxygen atoms in total. The summed E-state index contributed by atoms with van der Waals surface area (Å²) in [7, 11) is 0. The van der Waals surface area contributed by atoms with Crippen LogP contribution >= 0.6 is 0 Å². The molecule has 318 valence electrons. The first-order valence-electron chi connectivity index (χ1n) is 22.7. The van der Waals surface area contributed by atoms with Crippen LogP contribution in [0.5, 0.6) is 0 Å². The highest BCUT2D eigenvalue weighted by Crippen LogP contribution is 2.49. The summed E-state index contributed by atoms with van der Waals surface area (Å²) in [5.74, 6) is 1.83. The molecule has 7 aromatic carbocycles. The highest BCUT2D eigenvalue weighted by Gasteiger charge is 2.32. The van der Waals surface area contributed by atoms with Crippen molar-refractivity contribution in [1.29, 1.82) is 0 Å². The van der Waals surface area contributed by atoms with E-state index < -0.39 is 0 Å². The van der Waals surface area contributed by atoms with Crippen LogP contribution in [-0.2, 0) is 5.41 Å². The third-order valence-electron chi connectivity index (χ3n) is 12.9. The van der Waals surface area contributed by atoms with Crippen molar-refractivity contribution in [2.75, 3.05) is 0 Å². The largest absolute Gasteiger partial charge is 0.312 e. The van der Waals surface area contributed by atoms with Gasteiger partial charge in [0, 0.05) is 50.0 Å². The summed E-state index contributed by atoms with van der Waals surface area (Å²) in [6.45, 7) is 10.7. The van der Waals surface area contributed by atoms with E-state index in [1.54, 1.807) is 6.08 Å². The second-order valence-electron chi connectivity index (χ2n) is 18.1. The van der Waals surface area contributed by atoms with Crippen LogP contribution in [0.2, 0.25) is 0 Å². The Morgan fingerprint density at radius 3 is 1.77 bits per heavy atom. The Hall–Kier alpha value is -8.15. The third kappa shape index (κ3) is 7.29. The fourth-order valence-electron chi connectivity index (χ4n) is 9.74. The van der Waals surface area contributed by atoms with Crippen LogP contribution < -0.4 is 0 Å². The number of nitrogens with zero attached hydrogens (tertiary/aromatic N) is 5. The molecule has 5 heteroatoms. The highest BCUT2D eigenvalue weighted by molar-refractivity contribution is 6.15. The van der Waals surface area contributed by atoms with Crippen molar-refractivity contribution in [3.63, 3.8) is 0 Å². The molecule has 0 radical (unpaired) electrons. The standard InChI is InChI=1S/C61H49N5/c1-5-6-7-17-32-57-62-59(43-26-15-10-16-27-43)64-60(63-57)44-37-49(41-22-11-8-12-23-41)58(50(38-44)42-24-13-9-14-25-42)66-55-35-33-45(61(2,3)4)39-51(55)52-40-46(34-36-56(52)66)65-53-30-20-18-28-47(53)48-29-19-21-31-54(48)65/h5-37,39-40,50H,1,38H2,2-4H3/b7-6-,32-17+. The number of rotatable bonds is 9. The number of fused-ring (bicyclic) bond motifs is 6. The van der Waals surface area contributed by atoms with E-state index in [9.17, 15) is 0 Å². The number of para-hydroxylation sites is 2. The lowest BCUT2D eigenvalue weighted by molar-refractivity contribution is 0.591. The Morgan fingerprint density at radius 2 is 1.11 bits per heavy atom. The molecule has 10 aromatic rings. The van der Waals surface area contributed by atoms with E-state index in [0.29, 0.717) is 23.9 Å². The van der Waals surface area contributed by atoms with E-state index in [1.165, 1.54) is 54.9 Å². The van der Waals surface area contributed by atoms with Gasteiger partial charge in [-0.1, -0.05) is 185 Å². The van der Waals surface area contributed by atoms with Gasteiger partial charge in [0.15, 0.2) is 17.5 Å². The summed E-state index contributed by atoms with van der Waals surface area (Å²) >= 11 is 0. The molecular formula is C61H49N5. The smallest absolute Gasteiger partial charge is 0.164 e. The van der Waals surface area contributed by atoms with E-state index in [-0.39, 0.29) is 11.3 Å². The lowest BCUT2D eigenvalue weighted by Gasteiger charge is -2.31. The van der Waals surface area contributed by atoms with Crippen molar-refractivity contribution in [1.82, 2.24) is 24.1 Å². The molecule has 1 unspecified atom stereocenters. The van der Waals surface area contributed by atoms with Crippen LogP contribution in [0.25, 0.3) is 83.6 Å². The molecule has 1 atom stereocenters. The Labute approximate surface area is 385 Å². The molecular weight excluding hydrogens is 803 g/mol. The maximum Gasteiger partial charge on any atom is 0.164 e. The minimum absolute atomic E-state index is 0.0459. The van der Waals surface area contributed by atoms with E-state index in [4.69, 9.17) is 15.0 Å². The molecule has 0 bridgehead atoms. The van der Waals surface area contributed by atoms with E-state index in [2.05, 4.69) is 200 Å². The minimum Gasteiger partial charge on any atom is -0.312 e. The summed E-state index contributed by atoms with van der Waals surface area (Å²) in [6.07, 6.45) is 12.5. The van der Waals surface area contributed by atoms with Crippen molar-refractivity contribution in [2.24, 2.45) is 0 Å². The molecule has 0 aliphatic heterocycles. The molecule has 11 rings (SSSR count). The Balaban J connectivity index is 1.21. The van der Waals surface area contributed by atoms with Gasteiger partial charge in [-0.05, 0) is 88.7 Å². The lowest BCUT2D eigenvalue weighted by Crippen LogP contribution is -2.16. The second-order valence-corrected chi connectivity index (χ2v) is 18.1. The average molecular weight is 852 g/mol. The number of hydrogen-bond acceptors (Lipinski definition) is 3. The van der Waals surface area contributed by atoms with Crippen LogP contribution in [0.4, 0.5) is 0 Å². The fourth-order valence-corrected chi connectivity index (χ4v) is 9.74. The predicted molar refractivity (Wildman–Crippen MR) is 277 cm³/mol. The maximum absolute atomic E-state index is 5.24. The highest BCUT2D eigenvalue weighted by atomic mass is 15.0. The van der Waals surface area contributed by atoms with Gasteiger partial charge in [-0.3, -0.25) is 0 Å². The summed E-state index contributed by atoms with van der Waals surface area (Å²) < 4.78 is 4.98. The first kappa shape index (κ1) is 40.6. The zero-order valence-electron chi connectivity index (χ0n) is 37.4. The van der Waals surface area contributed by atoms with Crippen molar-refractivity contribution in [3.05, 3.63) is 241 Å². The Morgan fingerprint density at radius 1 is 0.530 bits per heavy atom. The van der Waals surface area contributed by atoms with Crippen LogP contribution in [-0.4, -0.2) is 24.1 Å². The van der Waals surface area contributed by atoms with E-state index in [0.717, 1.165) is 33.5 Å².